The van der Waals surface area contributed by atoms with E-state index in [0.29, 0.717) is 17.4 Å². The van der Waals surface area contributed by atoms with E-state index >= 15 is 0 Å². The zero-order chi connectivity index (χ0) is 19.3. The zero-order valence-corrected chi connectivity index (χ0v) is 16.7. The first-order chi connectivity index (χ1) is 12.3. The molecule has 0 radical (unpaired) electrons. The Labute approximate surface area is 160 Å². The minimum Gasteiger partial charge on any atom is -0.352 e. The Morgan fingerprint density at radius 3 is 2.73 bits per heavy atom. The van der Waals surface area contributed by atoms with Gasteiger partial charge < -0.3 is 10.2 Å². The molecule has 8 heteroatoms. The molecule has 2 rings (SSSR count). The van der Waals surface area contributed by atoms with Crippen molar-refractivity contribution < 1.29 is 9.59 Å². The van der Waals surface area contributed by atoms with E-state index in [9.17, 15) is 14.4 Å². The molecule has 1 N–H and O–H groups in total. The van der Waals surface area contributed by atoms with E-state index in [0.717, 1.165) is 4.47 Å². The second-order valence-corrected chi connectivity index (χ2v) is 7.20. The number of carbonyl (C=O) groups is 2. The number of hydrogen-bond acceptors (Lipinski definition) is 4. The summed E-state index contributed by atoms with van der Waals surface area (Å²) in [6, 6.07) is 5.34. The summed E-state index contributed by atoms with van der Waals surface area (Å²) in [7, 11) is 0. The second-order valence-electron chi connectivity index (χ2n) is 6.28. The SMILES string of the molecule is CCN(CC(=O)NC(C)C)C(=O)CCn1cnc2ccc(Br)cc2c1=O. The van der Waals surface area contributed by atoms with E-state index in [4.69, 9.17) is 0 Å². The van der Waals surface area contributed by atoms with Crippen molar-refractivity contribution >= 4 is 38.6 Å². The smallest absolute Gasteiger partial charge is 0.261 e. The fourth-order valence-electron chi connectivity index (χ4n) is 2.58. The van der Waals surface area contributed by atoms with Gasteiger partial charge in [0, 0.05) is 30.0 Å². The van der Waals surface area contributed by atoms with Crippen LogP contribution >= 0.6 is 15.9 Å². The molecule has 1 heterocycles. The highest BCUT2D eigenvalue weighted by Crippen LogP contribution is 2.14. The number of benzene rings is 1. The predicted molar refractivity (Wildman–Crippen MR) is 104 cm³/mol. The molecule has 0 fully saturated rings. The van der Waals surface area contributed by atoms with Gasteiger partial charge in [-0.3, -0.25) is 19.0 Å². The summed E-state index contributed by atoms with van der Waals surface area (Å²) < 4.78 is 2.22. The van der Waals surface area contributed by atoms with Gasteiger partial charge in [0.05, 0.1) is 23.8 Å². The maximum atomic E-state index is 12.5. The summed E-state index contributed by atoms with van der Waals surface area (Å²) in [6.07, 6.45) is 1.58. The molecule has 26 heavy (non-hydrogen) atoms. The molecule has 0 aliphatic rings. The van der Waals surface area contributed by atoms with Crippen molar-refractivity contribution in [3.05, 3.63) is 39.4 Å². The molecule has 0 saturated heterocycles. The fourth-order valence-corrected chi connectivity index (χ4v) is 2.94. The van der Waals surface area contributed by atoms with E-state index in [1.807, 2.05) is 26.8 Å². The lowest BCUT2D eigenvalue weighted by molar-refractivity contribution is -0.136. The third-order valence-corrected chi connectivity index (χ3v) is 4.36. The van der Waals surface area contributed by atoms with E-state index in [1.165, 1.54) is 15.8 Å². The van der Waals surface area contributed by atoms with E-state index in [2.05, 4.69) is 26.2 Å². The molecular weight excluding hydrogens is 400 g/mol. The number of rotatable bonds is 7. The number of halogens is 1. The summed E-state index contributed by atoms with van der Waals surface area (Å²) in [5.74, 6) is -0.364. The number of aromatic nitrogens is 2. The standard InChI is InChI=1S/C18H23BrN4O3/c1-4-22(10-16(24)21-12(2)3)17(25)7-8-23-11-20-15-6-5-13(19)9-14(15)18(23)26/h5-6,9,11-12H,4,7-8,10H2,1-3H3,(H,21,24). The Morgan fingerprint density at radius 1 is 1.35 bits per heavy atom. The topological polar surface area (TPSA) is 84.3 Å². The van der Waals surface area contributed by atoms with Crippen molar-refractivity contribution in [2.45, 2.75) is 39.8 Å². The van der Waals surface area contributed by atoms with E-state index in [-0.39, 0.29) is 42.9 Å². The van der Waals surface area contributed by atoms with E-state index in [1.54, 1.807) is 12.1 Å². The van der Waals surface area contributed by atoms with Gasteiger partial charge in [-0.05, 0) is 39.0 Å². The van der Waals surface area contributed by atoms with Crippen LogP contribution in [0.1, 0.15) is 27.2 Å². The number of likely N-dealkylation sites (N-methyl/N-ethyl adjacent to an activating group) is 1. The van der Waals surface area contributed by atoms with Gasteiger partial charge in [-0.2, -0.15) is 0 Å². The van der Waals surface area contributed by atoms with Crippen molar-refractivity contribution in [3.63, 3.8) is 0 Å². The first-order valence-corrected chi connectivity index (χ1v) is 9.33. The maximum Gasteiger partial charge on any atom is 0.261 e. The average Bonchev–Trinajstić information content (AvgIpc) is 2.58. The number of nitrogens with zero attached hydrogens (tertiary/aromatic N) is 3. The highest BCUT2D eigenvalue weighted by atomic mass is 79.9. The van der Waals surface area contributed by atoms with Crippen LogP contribution in [0.15, 0.2) is 33.8 Å². The molecule has 7 nitrogen and oxygen atoms in total. The van der Waals surface area contributed by atoms with Crippen LogP contribution in [0.3, 0.4) is 0 Å². The molecule has 0 aliphatic carbocycles. The maximum absolute atomic E-state index is 12.5. The van der Waals surface area contributed by atoms with Gasteiger partial charge in [-0.15, -0.1) is 0 Å². The van der Waals surface area contributed by atoms with Gasteiger partial charge in [0.25, 0.3) is 5.56 Å². The van der Waals surface area contributed by atoms with Crippen LogP contribution in [-0.4, -0.2) is 45.4 Å². The lowest BCUT2D eigenvalue weighted by atomic mass is 10.2. The lowest BCUT2D eigenvalue weighted by Crippen LogP contribution is -2.43. The summed E-state index contributed by atoms with van der Waals surface area (Å²) in [4.78, 5) is 42.5. The highest BCUT2D eigenvalue weighted by molar-refractivity contribution is 9.10. The Bertz CT molecular complexity index is 863. The molecule has 0 bridgehead atoms. The number of aryl methyl sites for hydroxylation is 1. The molecule has 0 atom stereocenters. The molecule has 1 aromatic heterocycles. The van der Waals surface area contributed by atoms with Crippen LogP contribution in [0.25, 0.3) is 10.9 Å². The number of amides is 2. The monoisotopic (exact) mass is 422 g/mol. The van der Waals surface area contributed by atoms with Crippen LogP contribution in [0, 0.1) is 0 Å². The number of hydrogen-bond donors (Lipinski definition) is 1. The summed E-state index contributed by atoms with van der Waals surface area (Å²) in [6.45, 7) is 6.23. The number of fused-ring (bicyclic) bond motifs is 1. The third kappa shape index (κ3) is 5.14. The van der Waals surface area contributed by atoms with Crippen molar-refractivity contribution in [2.75, 3.05) is 13.1 Å². The van der Waals surface area contributed by atoms with Gasteiger partial charge in [0.2, 0.25) is 11.8 Å². The quantitative estimate of drug-likeness (QED) is 0.738. The van der Waals surface area contributed by atoms with E-state index < -0.39 is 0 Å². The molecule has 2 aromatic rings. The largest absolute Gasteiger partial charge is 0.352 e. The molecule has 0 unspecified atom stereocenters. The van der Waals surface area contributed by atoms with Crippen LogP contribution in [-0.2, 0) is 16.1 Å². The van der Waals surface area contributed by atoms with Gasteiger partial charge >= 0.3 is 0 Å². The first kappa shape index (κ1) is 20.1. The predicted octanol–water partition coefficient (Wildman–Crippen LogP) is 1.92. The molecule has 2 amide bonds. The normalized spacial score (nSPS) is 11.0. The Kier molecular flexibility index (Phi) is 6.90. The summed E-state index contributed by atoms with van der Waals surface area (Å²) >= 11 is 3.35. The fraction of sp³-hybridized carbons (Fsp3) is 0.444. The number of nitrogens with one attached hydrogen (secondary N) is 1. The Morgan fingerprint density at radius 2 is 2.08 bits per heavy atom. The summed E-state index contributed by atoms with van der Waals surface area (Å²) in [5.41, 5.74) is 0.422. The van der Waals surface area contributed by atoms with Crippen LogP contribution < -0.4 is 10.9 Å². The third-order valence-electron chi connectivity index (χ3n) is 3.87. The van der Waals surface area contributed by atoms with Gasteiger partial charge in [-0.25, -0.2) is 4.98 Å². The minimum atomic E-state index is -0.190. The van der Waals surface area contributed by atoms with Gasteiger partial charge in [0.15, 0.2) is 0 Å². The van der Waals surface area contributed by atoms with Crippen LogP contribution in [0.4, 0.5) is 0 Å². The molecule has 1 aromatic carbocycles. The average molecular weight is 423 g/mol. The Hall–Kier alpha value is -2.22. The second kappa shape index (κ2) is 8.93. The van der Waals surface area contributed by atoms with Crippen molar-refractivity contribution in [1.29, 1.82) is 0 Å². The molecule has 140 valence electrons. The summed E-state index contributed by atoms with van der Waals surface area (Å²) in [5, 5.41) is 3.27. The van der Waals surface area contributed by atoms with Gasteiger partial charge in [0.1, 0.15) is 0 Å². The molecule has 0 aliphatic heterocycles. The molecule has 0 spiro atoms. The number of carbonyl (C=O) groups excluding carboxylic acids is 2. The van der Waals surface area contributed by atoms with Crippen molar-refractivity contribution in [2.24, 2.45) is 0 Å². The van der Waals surface area contributed by atoms with Crippen LogP contribution in [0.2, 0.25) is 0 Å². The highest BCUT2D eigenvalue weighted by Gasteiger charge is 2.16. The van der Waals surface area contributed by atoms with Crippen LogP contribution in [0.5, 0.6) is 0 Å². The first-order valence-electron chi connectivity index (χ1n) is 8.53. The lowest BCUT2D eigenvalue weighted by Gasteiger charge is -2.21. The molecule has 0 saturated carbocycles. The Balaban J connectivity index is 2.06. The van der Waals surface area contributed by atoms with Crippen molar-refractivity contribution in [3.8, 4) is 0 Å². The molecular formula is C18H23BrN4O3. The van der Waals surface area contributed by atoms with Crippen molar-refractivity contribution in [1.82, 2.24) is 19.8 Å². The zero-order valence-electron chi connectivity index (χ0n) is 15.2. The minimum absolute atomic E-state index is 0.0192. The van der Waals surface area contributed by atoms with Gasteiger partial charge in [-0.1, -0.05) is 15.9 Å².